The van der Waals surface area contributed by atoms with E-state index in [1.165, 1.54) is 16.4 Å². The monoisotopic (exact) mass is 451 g/mol. The number of rotatable bonds is 5. The molecule has 1 aromatic carbocycles. The lowest BCUT2D eigenvalue weighted by molar-refractivity contribution is -0.148. The number of hydrogen-bond donors (Lipinski definition) is 2. The van der Waals surface area contributed by atoms with Crippen LogP contribution < -0.4 is 16.0 Å². The summed E-state index contributed by atoms with van der Waals surface area (Å²) in [6, 6.07) is 4.36. The lowest BCUT2D eigenvalue weighted by atomic mass is 9.97. The number of carbonyl (C=O) groups is 1. The van der Waals surface area contributed by atoms with Gasteiger partial charge < -0.3 is 14.9 Å². The van der Waals surface area contributed by atoms with Crippen LogP contribution in [0.3, 0.4) is 0 Å². The van der Waals surface area contributed by atoms with Crippen LogP contribution in [0.2, 0.25) is 0 Å². The molecule has 2 aliphatic heterocycles. The van der Waals surface area contributed by atoms with Gasteiger partial charge in [0, 0.05) is 13.1 Å². The van der Waals surface area contributed by atoms with Gasteiger partial charge in [0.15, 0.2) is 4.75 Å². The molecule has 2 saturated heterocycles. The Balaban J connectivity index is 1.65. The minimum absolute atomic E-state index is 0.0628. The predicted molar refractivity (Wildman–Crippen MR) is 101 cm³/mol. The van der Waals surface area contributed by atoms with Gasteiger partial charge in [0.2, 0.25) is 10.0 Å². The zero-order chi connectivity index (χ0) is 22.0. The first kappa shape index (κ1) is 22.8. The standard InChI is InChI=1S/C18H24F3N3O5S/c19-18(20,21)13-1-3-14(4-2-13)28-15-5-11-24(12-6-15)30(26,27)17(16(25)29-22)7-9-23-10-8-17/h1-4,15,23H,5-12,22H2. The Labute approximate surface area is 172 Å². The fourth-order valence-corrected chi connectivity index (χ4v) is 6.02. The Morgan fingerprint density at radius 3 is 2.20 bits per heavy atom. The molecular formula is C18H24F3N3O5S. The van der Waals surface area contributed by atoms with E-state index < -0.39 is 32.5 Å². The van der Waals surface area contributed by atoms with Crippen molar-refractivity contribution >= 4 is 16.0 Å². The van der Waals surface area contributed by atoms with Gasteiger partial charge in [-0.05, 0) is 63.0 Å². The maximum absolute atomic E-state index is 13.3. The molecule has 0 bridgehead atoms. The molecule has 0 amide bonds. The van der Waals surface area contributed by atoms with Crippen LogP contribution in [0.4, 0.5) is 13.2 Å². The number of nitrogens with two attached hydrogens (primary N) is 1. The van der Waals surface area contributed by atoms with Crippen LogP contribution in [0.25, 0.3) is 0 Å². The van der Waals surface area contributed by atoms with Gasteiger partial charge in [-0.2, -0.15) is 19.1 Å². The topological polar surface area (TPSA) is 111 Å². The van der Waals surface area contributed by atoms with Crippen molar-refractivity contribution < 1.29 is 36.0 Å². The zero-order valence-corrected chi connectivity index (χ0v) is 17.0. The smallest absolute Gasteiger partial charge is 0.416 e. The number of sulfonamides is 1. The van der Waals surface area contributed by atoms with Crippen LogP contribution in [-0.2, 0) is 25.8 Å². The number of benzene rings is 1. The molecule has 0 aliphatic carbocycles. The summed E-state index contributed by atoms with van der Waals surface area (Å²) in [5.74, 6) is 4.33. The van der Waals surface area contributed by atoms with Crippen LogP contribution in [0.15, 0.2) is 24.3 Å². The predicted octanol–water partition coefficient (Wildman–Crippen LogP) is 1.42. The highest BCUT2D eigenvalue weighted by Gasteiger charge is 2.55. The van der Waals surface area contributed by atoms with Gasteiger partial charge in [-0.3, -0.25) is 0 Å². The second-order valence-electron chi connectivity index (χ2n) is 7.39. The number of halogens is 3. The minimum atomic E-state index is -4.42. The largest absolute Gasteiger partial charge is 0.490 e. The molecular weight excluding hydrogens is 427 g/mol. The van der Waals surface area contributed by atoms with Crippen molar-refractivity contribution in [2.75, 3.05) is 26.2 Å². The van der Waals surface area contributed by atoms with E-state index in [4.69, 9.17) is 10.6 Å². The number of ether oxygens (including phenoxy) is 1. The molecule has 2 heterocycles. The maximum atomic E-state index is 13.3. The SMILES string of the molecule is NOC(=O)C1(S(=O)(=O)N2CCC(Oc3ccc(C(F)(F)F)cc3)CC2)CCNCC1. The van der Waals surface area contributed by atoms with Crippen molar-refractivity contribution in [3.8, 4) is 5.75 Å². The van der Waals surface area contributed by atoms with E-state index in [-0.39, 0.29) is 37.8 Å². The van der Waals surface area contributed by atoms with Gasteiger partial charge >= 0.3 is 12.1 Å². The average Bonchev–Trinajstić information content (AvgIpc) is 2.73. The molecule has 3 rings (SSSR count). The molecule has 1 aromatic rings. The molecule has 30 heavy (non-hydrogen) atoms. The third-order valence-electron chi connectivity index (χ3n) is 5.61. The van der Waals surface area contributed by atoms with E-state index in [1.807, 2.05) is 0 Å². The number of carbonyl (C=O) groups excluding carboxylic acids is 1. The molecule has 0 spiro atoms. The fourth-order valence-electron chi connectivity index (χ4n) is 3.86. The molecule has 0 radical (unpaired) electrons. The van der Waals surface area contributed by atoms with Crippen LogP contribution in [0.1, 0.15) is 31.2 Å². The molecule has 0 unspecified atom stereocenters. The van der Waals surface area contributed by atoms with Crippen LogP contribution >= 0.6 is 0 Å². The lowest BCUT2D eigenvalue weighted by Gasteiger charge is -2.40. The van der Waals surface area contributed by atoms with E-state index in [1.54, 1.807) is 0 Å². The van der Waals surface area contributed by atoms with Gasteiger partial charge in [0.05, 0.1) is 5.56 Å². The van der Waals surface area contributed by atoms with E-state index in [0.717, 1.165) is 12.1 Å². The molecule has 0 saturated carbocycles. The summed E-state index contributed by atoms with van der Waals surface area (Å²) in [7, 11) is -4.02. The first-order valence-electron chi connectivity index (χ1n) is 9.56. The molecule has 2 aliphatic rings. The summed E-state index contributed by atoms with van der Waals surface area (Å²) in [6.07, 6.45) is -3.97. The molecule has 3 N–H and O–H groups in total. The lowest BCUT2D eigenvalue weighted by Crippen LogP contribution is -2.60. The van der Waals surface area contributed by atoms with Crippen molar-refractivity contribution in [2.45, 2.75) is 42.7 Å². The van der Waals surface area contributed by atoms with E-state index in [2.05, 4.69) is 10.2 Å². The van der Waals surface area contributed by atoms with Crippen molar-refractivity contribution in [1.29, 1.82) is 0 Å². The summed E-state index contributed by atoms with van der Waals surface area (Å²) in [5.41, 5.74) is -0.769. The first-order valence-corrected chi connectivity index (χ1v) is 11.0. The van der Waals surface area contributed by atoms with Crippen LogP contribution in [0, 0.1) is 0 Å². The number of nitrogens with one attached hydrogen (secondary N) is 1. The normalized spacial score (nSPS) is 21.2. The van der Waals surface area contributed by atoms with E-state index in [9.17, 15) is 26.4 Å². The number of piperidine rings is 2. The summed E-state index contributed by atoms with van der Waals surface area (Å²) >= 11 is 0. The number of nitrogens with zero attached hydrogens (tertiary/aromatic N) is 1. The Morgan fingerprint density at radius 2 is 1.70 bits per heavy atom. The Morgan fingerprint density at radius 1 is 1.13 bits per heavy atom. The number of hydrogen-bond acceptors (Lipinski definition) is 7. The highest BCUT2D eigenvalue weighted by molar-refractivity contribution is 7.91. The third kappa shape index (κ3) is 4.41. The Bertz CT molecular complexity index is 847. The highest BCUT2D eigenvalue weighted by Crippen LogP contribution is 2.35. The van der Waals surface area contributed by atoms with Gasteiger partial charge in [-0.15, -0.1) is 0 Å². The average molecular weight is 451 g/mol. The van der Waals surface area contributed by atoms with Crippen molar-refractivity contribution in [2.24, 2.45) is 5.90 Å². The Hall–Kier alpha value is -1.89. The molecule has 168 valence electrons. The first-order chi connectivity index (χ1) is 14.1. The summed E-state index contributed by atoms with van der Waals surface area (Å²) in [5, 5.41) is 3.02. The minimum Gasteiger partial charge on any atom is -0.490 e. The molecule has 2 fully saturated rings. The summed E-state index contributed by atoms with van der Waals surface area (Å²) in [6.45, 7) is 0.949. The fraction of sp³-hybridized carbons (Fsp3) is 0.611. The second-order valence-corrected chi connectivity index (χ2v) is 9.64. The molecule has 0 aromatic heterocycles. The zero-order valence-electron chi connectivity index (χ0n) is 16.2. The van der Waals surface area contributed by atoms with E-state index in [0.29, 0.717) is 25.9 Å². The molecule has 12 heteroatoms. The van der Waals surface area contributed by atoms with Crippen molar-refractivity contribution in [3.63, 3.8) is 0 Å². The molecule has 8 nitrogen and oxygen atoms in total. The van der Waals surface area contributed by atoms with Crippen molar-refractivity contribution in [1.82, 2.24) is 9.62 Å². The van der Waals surface area contributed by atoms with Crippen molar-refractivity contribution in [3.05, 3.63) is 29.8 Å². The summed E-state index contributed by atoms with van der Waals surface area (Å²) < 4.78 is 69.7. The van der Waals surface area contributed by atoms with Crippen LogP contribution in [0.5, 0.6) is 5.75 Å². The molecule has 0 atom stereocenters. The van der Waals surface area contributed by atoms with Gasteiger partial charge in [0.1, 0.15) is 11.9 Å². The third-order valence-corrected chi connectivity index (χ3v) is 8.22. The van der Waals surface area contributed by atoms with Gasteiger partial charge in [-0.25, -0.2) is 17.5 Å². The number of alkyl halides is 3. The van der Waals surface area contributed by atoms with Gasteiger partial charge in [0.25, 0.3) is 0 Å². The summed E-state index contributed by atoms with van der Waals surface area (Å²) in [4.78, 5) is 16.6. The van der Waals surface area contributed by atoms with Crippen LogP contribution in [-0.4, -0.2) is 55.7 Å². The Kier molecular flexibility index (Phi) is 6.60. The van der Waals surface area contributed by atoms with E-state index >= 15 is 0 Å². The highest BCUT2D eigenvalue weighted by atomic mass is 32.2. The quantitative estimate of drug-likeness (QED) is 0.652. The maximum Gasteiger partial charge on any atom is 0.416 e. The van der Waals surface area contributed by atoms with Gasteiger partial charge in [-0.1, -0.05) is 0 Å². The second kappa shape index (κ2) is 8.69.